The van der Waals surface area contributed by atoms with Crippen LogP contribution in [-0.4, -0.2) is 23.1 Å². The zero-order chi connectivity index (χ0) is 26.7. The molecule has 0 amide bonds. The number of carboxylic acids is 1. The fourth-order valence-electron chi connectivity index (χ4n) is 9.24. The summed E-state index contributed by atoms with van der Waals surface area (Å²) in [5, 5.41) is 9.22. The molecule has 36 heavy (non-hydrogen) atoms. The van der Waals surface area contributed by atoms with Crippen molar-refractivity contribution in [1.82, 2.24) is 0 Å². The molecule has 7 atom stereocenters. The van der Waals surface area contributed by atoms with Crippen molar-refractivity contribution in [3.05, 3.63) is 34.9 Å². The van der Waals surface area contributed by atoms with Gasteiger partial charge in [-0.3, -0.25) is 4.79 Å². The van der Waals surface area contributed by atoms with Crippen molar-refractivity contribution in [2.24, 2.45) is 39.4 Å². The summed E-state index contributed by atoms with van der Waals surface area (Å²) in [6.45, 7) is 17.7. The van der Waals surface area contributed by atoms with E-state index in [0.717, 1.165) is 32.1 Å². The molecule has 0 aromatic heterocycles. The van der Waals surface area contributed by atoms with Gasteiger partial charge in [0.2, 0.25) is 0 Å². The van der Waals surface area contributed by atoms with Crippen molar-refractivity contribution in [3.63, 3.8) is 0 Å². The van der Waals surface area contributed by atoms with Crippen LogP contribution in [0.5, 0.6) is 0 Å². The summed E-state index contributed by atoms with van der Waals surface area (Å²) in [6, 6.07) is 0. The van der Waals surface area contributed by atoms with Crippen LogP contribution >= 0.6 is 0 Å². The first-order valence-corrected chi connectivity index (χ1v) is 14.2. The van der Waals surface area contributed by atoms with Gasteiger partial charge in [0.25, 0.3) is 0 Å². The SMILES string of the molecule is CC(=O)O[C@@H]1C=C2C(=CC[C@H]3C(C)(C)CCC[C@]23C)[C@]2(C)CC[C@H]([C@H](C)CC/C=C(/C)C(=O)O)[C@@]12C. The van der Waals surface area contributed by atoms with Crippen LogP contribution in [0.25, 0.3) is 0 Å². The number of carboxylic acid groups (broad SMARTS) is 1. The molecule has 0 aliphatic heterocycles. The van der Waals surface area contributed by atoms with Crippen LogP contribution in [0, 0.1) is 39.4 Å². The van der Waals surface area contributed by atoms with E-state index in [0.29, 0.717) is 28.7 Å². The van der Waals surface area contributed by atoms with Gasteiger partial charge in [0.1, 0.15) is 6.10 Å². The number of esters is 1. The van der Waals surface area contributed by atoms with E-state index in [1.807, 2.05) is 6.08 Å². The van der Waals surface area contributed by atoms with E-state index in [9.17, 15) is 14.7 Å². The van der Waals surface area contributed by atoms with Gasteiger partial charge in [-0.15, -0.1) is 0 Å². The van der Waals surface area contributed by atoms with Crippen molar-refractivity contribution >= 4 is 11.9 Å². The summed E-state index contributed by atoms with van der Waals surface area (Å²) >= 11 is 0. The number of hydrogen-bond acceptors (Lipinski definition) is 3. The predicted octanol–water partition coefficient (Wildman–Crippen LogP) is 7.89. The molecule has 0 radical (unpaired) electrons. The Kier molecular flexibility index (Phi) is 6.93. The van der Waals surface area contributed by atoms with Gasteiger partial charge in [0.15, 0.2) is 0 Å². The third-order valence-corrected chi connectivity index (χ3v) is 11.5. The molecular formula is C32H48O4. The molecule has 1 N–H and O–H groups in total. The Morgan fingerprint density at radius 2 is 1.81 bits per heavy atom. The highest BCUT2D eigenvalue weighted by molar-refractivity contribution is 5.85. The van der Waals surface area contributed by atoms with E-state index in [4.69, 9.17) is 4.74 Å². The number of carbonyl (C=O) groups is 2. The molecule has 0 bridgehead atoms. The molecule has 4 nitrogen and oxygen atoms in total. The van der Waals surface area contributed by atoms with Crippen LogP contribution in [0.1, 0.15) is 107 Å². The molecule has 0 saturated heterocycles. The first kappa shape index (κ1) is 27.2. The van der Waals surface area contributed by atoms with Gasteiger partial charge >= 0.3 is 11.9 Å². The predicted molar refractivity (Wildman–Crippen MR) is 144 cm³/mol. The van der Waals surface area contributed by atoms with Crippen LogP contribution in [0.3, 0.4) is 0 Å². The summed E-state index contributed by atoms with van der Waals surface area (Å²) in [4.78, 5) is 23.7. The smallest absolute Gasteiger partial charge is 0.330 e. The molecule has 0 spiro atoms. The van der Waals surface area contributed by atoms with Crippen LogP contribution in [0.2, 0.25) is 0 Å². The summed E-state index contributed by atoms with van der Waals surface area (Å²) in [7, 11) is 0. The molecule has 2 saturated carbocycles. The van der Waals surface area contributed by atoms with Gasteiger partial charge in [-0.2, -0.15) is 0 Å². The molecule has 0 unspecified atom stereocenters. The fourth-order valence-corrected chi connectivity index (χ4v) is 9.24. The largest absolute Gasteiger partial charge is 0.478 e. The number of hydrogen-bond donors (Lipinski definition) is 1. The van der Waals surface area contributed by atoms with Crippen LogP contribution in [0.15, 0.2) is 34.9 Å². The Hall–Kier alpha value is -1.84. The minimum absolute atomic E-state index is 0.0431. The van der Waals surface area contributed by atoms with E-state index in [-0.39, 0.29) is 28.3 Å². The molecule has 4 aliphatic rings. The number of allylic oxidation sites excluding steroid dienone is 4. The van der Waals surface area contributed by atoms with Crippen molar-refractivity contribution in [2.45, 2.75) is 113 Å². The maximum absolute atomic E-state index is 12.4. The minimum Gasteiger partial charge on any atom is -0.478 e. The lowest BCUT2D eigenvalue weighted by atomic mass is 9.44. The molecular weight excluding hydrogens is 448 g/mol. The Morgan fingerprint density at radius 1 is 1.11 bits per heavy atom. The number of rotatable bonds is 6. The third-order valence-electron chi connectivity index (χ3n) is 11.5. The van der Waals surface area contributed by atoms with E-state index < -0.39 is 5.97 Å². The normalized spacial score (nSPS) is 40.2. The molecule has 4 rings (SSSR count). The van der Waals surface area contributed by atoms with Gasteiger partial charge < -0.3 is 9.84 Å². The number of fused-ring (bicyclic) bond motifs is 5. The molecule has 0 aromatic rings. The van der Waals surface area contributed by atoms with Crippen molar-refractivity contribution in [1.29, 1.82) is 0 Å². The maximum Gasteiger partial charge on any atom is 0.330 e. The standard InChI is InChI=1S/C32H48O4/c1-20(11-9-12-21(2)28(34)35)23-15-18-31(7)24-13-14-26-29(4,5)16-10-17-30(26,6)25(24)19-27(32(23,31)8)36-22(3)33/h12-13,19-20,23,26-27H,9-11,14-18H2,1-8H3,(H,34,35)/b21-12-/t20-,23-,26+,27-,30-,31+,32+/m1/s1. The summed E-state index contributed by atoms with van der Waals surface area (Å²) in [5.74, 6) is 0.374. The van der Waals surface area contributed by atoms with Gasteiger partial charge in [-0.05, 0) is 97.7 Å². The van der Waals surface area contributed by atoms with Crippen LogP contribution < -0.4 is 0 Å². The summed E-state index contributed by atoms with van der Waals surface area (Å²) in [5.41, 5.74) is 3.61. The summed E-state index contributed by atoms with van der Waals surface area (Å²) in [6.07, 6.45) is 15.4. The lowest BCUT2D eigenvalue weighted by Crippen LogP contribution is -2.56. The molecule has 2 fully saturated rings. The van der Waals surface area contributed by atoms with E-state index in [1.165, 1.54) is 30.4 Å². The lowest BCUT2D eigenvalue weighted by Gasteiger charge is -2.61. The first-order chi connectivity index (χ1) is 16.7. The highest BCUT2D eigenvalue weighted by Gasteiger charge is 2.66. The zero-order valence-electron chi connectivity index (χ0n) is 23.9. The second-order valence-corrected chi connectivity index (χ2v) is 13.8. The quantitative estimate of drug-likeness (QED) is 0.300. The minimum atomic E-state index is -0.843. The lowest BCUT2D eigenvalue weighted by molar-refractivity contribution is -0.157. The van der Waals surface area contributed by atoms with Crippen molar-refractivity contribution in [3.8, 4) is 0 Å². The van der Waals surface area contributed by atoms with Gasteiger partial charge in [0.05, 0.1) is 0 Å². The highest BCUT2D eigenvalue weighted by Crippen LogP contribution is 2.72. The molecule has 4 heteroatoms. The second-order valence-electron chi connectivity index (χ2n) is 13.8. The van der Waals surface area contributed by atoms with Gasteiger partial charge in [-0.25, -0.2) is 4.79 Å². The maximum atomic E-state index is 12.4. The third kappa shape index (κ3) is 4.02. The average molecular weight is 497 g/mol. The Labute approximate surface area is 218 Å². The molecule has 0 heterocycles. The first-order valence-electron chi connectivity index (χ1n) is 14.2. The topological polar surface area (TPSA) is 63.6 Å². The summed E-state index contributed by atoms with van der Waals surface area (Å²) < 4.78 is 6.22. The van der Waals surface area contributed by atoms with Crippen LogP contribution in [-0.2, 0) is 14.3 Å². The fraction of sp³-hybridized carbons (Fsp3) is 0.750. The number of aliphatic carboxylic acids is 1. The Bertz CT molecular complexity index is 1020. The molecule has 4 aliphatic carbocycles. The van der Waals surface area contributed by atoms with E-state index in [2.05, 4.69) is 53.7 Å². The monoisotopic (exact) mass is 496 g/mol. The van der Waals surface area contributed by atoms with Gasteiger partial charge in [0, 0.05) is 23.3 Å². The second kappa shape index (κ2) is 9.17. The van der Waals surface area contributed by atoms with Crippen molar-refractivity contribution in [2.75, 3.05) is 0 Å². The number of carbonyl (C=O) groups excluding carboxylic acids is 1. The zero-order valence-corrected chi connectivity index (χ0v) is 23.9. The van der Waals surface area contributed by atoms with E-state index >= 15 is 0 Å². The number of ether oxygens (including phenoxy) is 1. The Morgan fingerprint density at radius 3 is 2.44 bits per heavy atom. The van der Waals surface area contributed by atoms with E-state index in [1.54, 1.807) is 13.8 Å². The van der Waals surface area contributed by atoms with Gasteiger partial charge in [-0.1, -0.05) is 60.1 Å². The average Bonchev–Trinajstić information content (AvgIpc) is 3.06. The highest BCUT2D eigenvalue weighted by atomic mass is 16.5. The van der Waals surface area contributed by atoms with Crippen molar-refractivity contribution < 1.29 is 19.4 Å². The van der Waals surface area contributed by atoms with Crippen LogP contribution in [0.4, 0.5) is 0 Å². The molecule has 200 valence electrons. The molecule has 0 aromatic carbocycles. The Balaban J connectivity index is 1.74.